The third kappa shape index (κ3) is 2.29. The zero-order valence-corrected chi connectivity index (χ0v) is 9.37. The third-order valence-corrected chi connectivity index (χ3v) is 2.80. The van der Waals surface area contributed by atoms with Crippen LogP contribution in [0.4, 0.5) is 20.4 Å². The molecule has 1 saturated heterocycles. The summed E-state index contributed by atoms with van der Waals surface area (Å²) < 4.78 is 26.7. The van der Waals surface area contributed by atoms with E-state index in [0.717, 1.165) is 6.07 Å². The van der Waals surface area contributed by atoms with E-state index in [4.69, 9.17) is 5.84 Å². The first-order valence-corrected chi connectivity index (χ1v) is 5.23. The minimum Gasteiger partial charge on any atom is -0.388 e. The summed E-state index contributed by atoms with van der Waals surface area (Å²) in [6.07, 6.45) is 0.511. The minimum absolute atomic E-state index is 0.00266. The van der Waals surface area contributed by atoms with Crippen molar-refractivity contribution in [3.63, 3.8) is 0 Å². The standard InChI is InChI=1S/C10H14F2N4O/c1-10(17)2-3-16(5-10)9-7(12)4-6(11)8(14-9)15-13/h4,17H,2-3,5,13H2,1H3,(H,14,15). The number of pyridine rings is 1. The van der Waals surface area contributed by atoms with Crippen molar-refractivity contribution in [3.8, 4) is 0 Å². The van der Waals surface area contributed by atoms with Gasteiger partial charge in [-0.2, -0.15) is 0 Å². The number of hydrazine groups is 1. The van der Waals surface area contributed by atoms with Crippen molar-refractivity contribution in [2.75, 3.05) is 23.4 Å². The Morgan fingerprint density at radius 2 is 2.24 bits per heavy atom. The molecule has 2 heterocycles. The van der Waals surface area contributed by atoms with Crippen molar-refractivity contribution < 1.29 is 13.9 Å². The van der Waals surface area contributed by atoms with Gasteiger partial charge in [0, 0.05) is 19.2 Å². The molecule has 1 aromatic rings. The number of nitrogens with one attached hydrogen (secondary N) is 1. The molecule has 2 rings (SSSR count). The Balaban J connectivity index is 2.33. The molecule has 0 bridgehead atoms. The van der Waals surface area contributed by atoms with Gasteiger partial charge in [-0.05, 0) is 13.3 Å². The molecule has 1 fully saturated rings. The van der Waals surface area contributed by atoms with E-state index in [-0.39, 0.29) is 18.2 Å². The number of nitrogen functional groups attached to an aromatic ring is 1. The summed E-state index contributed by atoms with van der Waals surface area (Å²) in [7, 11) is 0. The molecule has 1 atom stereocenters. The van der Waals surface area contributed by atoms with Crippen molar-refractivity contribution in [1.29, 1.82) is 0 Å². The van der Waals surface area contributed by atoms with Gasteiger partial charge in [-0.3, -0.25) is 0 Å². The SMILES string of the molecule is CC1(O)CCN(c2nc(NN)c(F)cc2F)C1. The van der Waals surface area contributed by atoms with Crippen LogP contribution in [0.25, 0.3) is 0 Å². The number of nitrogens with two attached hydrogens (primary N) is 1. The highest BCUT2D eigenvalue weighted by Crippen LogP contribution is 2.28. The first kappa shape index (κ1) is 12.0. The van der Waals surface area contributed by atoms with Crippen LogP contribution in [-0.4, -0.2) is 28.8 Å². The van der Waals surface area contributed by atoms with Crippen LogP contribution in [-0.2, 0) is 0 Å². The molecule has 7 heteroatoms. The molecule has 4 N–H and O–H groups in total. The maximum Gasteiger partial charge on any atom is 0.178 e. The fourth-order valence-corrected chi connectivity index (χ4v) is 1.91. The molecule has 5 nitrogen and oxygen atoms in total. The Morgan fingerprint density at radius 3 is 2.76 bits per heavy atom. The highest BCUT2D eigenvalue weighted by molar-refractivity contribution is 5.49. The molecule has 17 heavy (non-hydrogen) atoms. The fraction of sp³-hybridized carbons (Fsp3) is 0.500. The van der Waals surface area contributed by atoms with Crippen LogP contribution in [0.5, 0.6) is 0 Å². The number of aromatic nitrogens is 1. The Hall–Kier alpha value is -1.47. The van der Waals surface area contributed by atoms with Crippen LogP contribution in [0, 0.1) is 11.6 Å². The first-order chi connectivity index (χ1) is 7.93. The summed E-state index contributed by atoms with van der Waals surface area (Å²) in [6, 6.07) is 0.727. The van der Waals surface area contributed by atoms with E-state index >= 15 is 0 Å². The van der Waals surface area contributed by atoms with Crippen molar-refractivity contribution in [3.05, 3.63) is 17.7 Å². The van der Waals surface area contributed by atoms with Crippen molar-refractivity contribution in [2.45, 2.75) is 18.9 Å². The maximum absolute atomic E-state index is 13.6. The molecule has 0 aliphatic carbocycles. The van der Waals surface area contributed by atoms with Gasteiger partial charge in [0.15, 0.2) is 23.3 Å². The minimum atomic E-state index is -0.876. The number of aliphatic hydroxyl groups is 1. The molecule has 94 valence electrons. The van der Waals surface area contributed by atoms with Gasteiger partial charge in [0.25, 0.3) is 0 Å². The lowest BCUT2D eigenvalue weighted by Crippen LogP contribution is -2.30. The smallest absolute Gasteiger partial charge is 0.178 e. The average Bonchev–Trinajstić information content (AvgIpc) is 2.59. The third-order valence-electron chi connectivity index (χ3n) is 2.80. The largest absolute Gasteiger partial charge is 0.388 e. The lowest BCUT2D eigenvalue weighted by molar-refractivity contribution is 0.0838. The van der Waals surface area contributed by atoms with Crippen LogP contribution in [0.1, 0.15) is 13.3 Å². The average molecular weight is 244 g/mol. The number of rotatable bonds is 2. The molecule has 0 amide bonds. The van der Waals surface area contributed by atoms with Gasteiger partial charge in [-0.1, -0.05) is 0 Å². The molecule has 0 aromatic carbocycles. The number of halogens is 2. The van der Waals surface area contributed by atoms with Crippen LogP contribution in [0.15, 0.2) is 6.07 Å². The maximum atomic E-state index is 13.6. The molecular weight excluding hydrogens is 230 g/mol. The molecule has 0 saturated carbocycles. The van der Waals surface area contributed by atoms with Crippen molar-refractivity contribution >= 4 is 11.6 Å². The highest BCUT2D eigenvalue weighted by atomic mass is 19.1. The summed E-state index contributed by atoms with van der Waals surface area (Å²) in [5.74, 6) is 3.25. The molecular formula is C10H14F2N4O. The van der Waals surface area contributed by atoms with E-state index in [1.54, 1.807) is 11.8 Å². The monoisotopic (exact) mass is 244 g/mol. The zero-order valence-electron chi connectivity index (χ0n) is 9.37. The summed E-state index contributed by atoms with van der Waals surface area (Å²) in [6.45, 7) is 2.38. The number of anilines is 2. The molecule has 1 aliphatic heterocycles. The molecule has 1 aliphatic rings. The predicted molar refractivity (Wildman–Crippen MR) is 59.4 cm³/mol. The van der Waals surface area contributed by atoms with Gasteiger partial charge in [0.05, 0.1) is 5.60 Å². The van der Waals surface area contributed by atoms with Crippen LogP contribution in [0.2, 0.25) is 0 Å². The Kier molecular flexibility index (Phi) is 2.88. The van der Waals surface area contributed by atoms with Crippen molar-refractivity contribution in [1.82, 2.24) is 4.98 Å². The lowest BCUT2D eigenvalue weighted by atomic mass is 10.1. The molecule has 0 radical (unpaired) electrons. The van der Waals surface area contributed by atoms with E-state index in [2.05, 4.69) is 10.4 Å². The summed E-state index contributed by atoms with van der Waals surface area (Å²) in [5, 5.41) is 9.79. The van der Waals surface area contributed by atoms with Crippen LogP contribution < -0.4 is 16.2 Å². The van der Waals surface area contributed by atoms with E-state index in [1.807, 2.05) is 0 Å². The zero-order chi connectivity index (χ0) is 12.6. The fourth-order valence-electron chi connectivity index (χ4n) is 1.91. The normalized spacial score (nSPS) is 24.2. The topological polar surface area (TPSA) is 74.4 Å². The van der Waals surface area contributed by atoms with Gasteiger partial charge in [0.1, 0.15) is 0 Å². The van der Waals surface area contributed by atoms with Crippen LogP contribution >= 0.6 is 0 Å². The first-order valence-electron chi connectivity index (χ1n) is 5.23. The van der Waals surface area contributed by atoms with Gasteiger partial charge in [-0.25, -0.2) is 19.6 Å². The Morgan fingerprint density at radius 1 is 1.53 bits per heavy atom. The second kappa shape index (κ2) is 4.08. The van der Waals surface area contributed by atoms with Gasteiger partial charge in [-0.15, -0.1) is 0 Å². The lowest BCUT2D eigenvalue weighted by Gasteiger charge is -2.20. The number of hydrogen-bond donors (Lipinski definition) is 3. The van der Waals surface area contributed by atoms with Crippen LogP contribution in [0.3, 0.4) is 0 Å². The summed E-state index contributed by atoms with van der Waals surface area (Å²) in [5.41, 5.74) is 1.19. The van der Waals surface area contributed by atoms with Crippen molar-refractivity contribution in [2.24, 2.45) is 5.84 Å². The number of hydrogen-bond acceptors (Lipinski definition) is 5. The second-order valence-electron chi connectivity index (χ2n) is 4.44. The van der Waals surface area contributed by atoms with E-state index in [9.17, 15) is 13.9 Å². The Labute approximate surface area is 97.2 Å². The summed E-state index contributed by atoms with van der Waals surface area (Å²) >= 11 is 0. The highest BCUT2D eigenvalue weighted by Gasteiger charge is 2.33. The summed E-state index contributed by atoms with van der Waals surface area (Å²) in [4.78, 5) is 5.33. The molecule has 1 aromatic heterocycles. The van der Waals surface area contributed by atoms with Gasteiger partial charge >= 0.3 is 0 Å². The second-order valence-corrected chi connectivity index (χ2v) is 4.44. The molecule has 0 spiro atoms. The number of β-amino-alcohol motifs (C(OH)–C–C–N with tert-alkyl or cyclic N) is 1. The van der Waals surface area contributed by atoms with E-state index in [0.29, 0.717) is 13.0 Å². The Bertz CT molecular complexity index is 439. The molecule has 1 unspecified atom stereocenters. The van der Waals surface area contributed by atoms with E-state index in [1.165, 1.54) is 0 Å². The number of nitrogens with zero attached hydrogens (tertiary/aromatic N) is 2. The quantitative estimate of drug-likeness (QED) is 0.525. The van der Waals surface area contributed by atoms with Gasteiger partial charge in [0.2, 0.25) is 0 Å². The van der Waals surface area contributed by atoms with Gasteiger partial charge < -0.3 is 15.4 Å². The van der Waals surface area contributed by atoms with E-state index < -0.39 is 17.2 Å². The predicted octanol–water partition coefficient (Wildman–Crippen LogP) is 0.606.